The van der Waals surface area contributed by atoms with E-state index < -0.39 is 5.97 Å². The first-order valence-corrected chi connectivity index (χ1v) is 11.5. The van der Waals surface area contributed by atoms with Crippen LogP contribution in [0.4, 0.5) is 0 Å². The summed E-state index contributed by atoms with van der Waals surface area (Å²) < 4.78 is 5.74. The number of carbonyl (C=O) groups is 1. The molecular weight excluding hydrogens is 384 g/mol. The van der Waals surface area contributed by atoms with Crippen molar-refractivity contribution in [2.45, 2.75) is 43.9 Å². The number of aromatic carboxylic acids is 1. The third-order valence-corrected chi connectivity index (χ3v) is 8.21. The SMILES string of the molecule is COc1cc(-c2ccc3cc(C(=O)O)ccc3c2)cc(C23CC4CC(CC(C4)C2)C3)c1. The van der Waals surface area contributed by atoms with Crippen molar-refractivity contribution in [2.75, 3.05) is 7.11 Å². The molecule has 0 heterocycles. The molecule has 3 aromatic rings. The number of ether oxygens (including phenoxy) is 1. The van der Waals surface area contributed by atoms with E-state index in [4.69, 9.17) is 4.74 Å². The van der Waals surface area contributed by atoms with E-state index in [9.17, 15) is 9.90 Å². The second kappa shape index (κ2) is 6.85. The average molecular weight is 413 g/mol. The fourth-order valence-electron chi connectivity index (χ4n) is 7.21. The molecule has 0 radical (unpaired) electrons. The number of carboxylic acids is 1. The summed E-state index contributed by atoms with van der Waals surface area (Å²) in [7, 11) is 1.76. The van der Waals surface area contributed by atoms with Crippen LogP contribution in [0.2, 0.25) is 0 Å². The topological polar surface area (TPSA) is 46.5 Å². The number of hydrogen-bond donors (Lipinski definition) is 1. The molecule has 0 aliphatic heterocycles. The molecular formula is C28H28O3. The highest BCUT2D eigenvalue weighted by atomic mass is 16.5. The molecule has 4 aliphatic rings. The van der Waals surface area contributed by atoms with Gasteiger partial charge < -0.3 is 9.84 Å². The standard InChI is InChI=1S/C28H28O3/c1-31-26-12-24(22-3-2-21-10-23(27(29)30)5-4-20(21)9-22)11-25(13-26)28-14-17-6-18(15-28)8-19(7-17)16-28/h2-5,9-13,17-19H,6-8,14-16H2,1H3,(H,29,30). The van der Waals surface area contributed by atoms with Crippen molar-refractivity contribution < 1.29 is 14.6 Å². The minimum atomic E-state index is -0.890. The Morgan fingerprint density at radius 3 is 2.13 bits per heavy atom. The highest BCUT2D eigenvalue weighted by Crippen LogP contribution is 2.61. The van der Waals surface area contributed by atoms with Crippen LogP contribution in [0.5, 0.6) is 5.75 Å². The van der Waals surface area contributed by atoms with Crippen molar-refractivity contribution >= 4 is 16.7 Å². The van der Waals surface area contributed by atoms with E-state index in [1.165, 1.54) is 49.7 Å². The minimum Gasteiger partial charge on any atom is -0.497 e. The molecule has 3 nitrogen and oxygen atoms in total. The zero-order chi connectivity index (χ0) is 21.2. The van der Waals surface area contributed by atoms with Crippen LogP contribution < -0.4 is 4.74 Å². The molecule has 1 N–H and O–H groups in total. The lowest BCUT2D eigenvalue weighted by molar-refractivity contribution is -0.00525. The molecule has 0 saturated heterocycles. The largest absolute Gasteiger partial charge is 0.497 e. The molecule has 31 heavy (non-hydrogen) atoms. The summed E-state index contributed by atoms with van der Waals surface area (Å²) >= 11 is 0. The Balaban J connectivity index is 1.43. The third-order valence-electron chi connectivity index (χ3n) is 8.21. The first-order valence-electron chi connectivity index (χ1n) is 11.5. The fourth-order valence-corrected chi connectivity index (χ4v) is 7.21. The molecule has 4 fully saturated rings. The van der Waals surface area contributed by atoms with E-state index >= 15 is 0 Å². The quantitative estimate of drug-likeness (QED) is 0.520. The van der Waals surface area contributed by atoms with Crippen molar-refractivity contribution in [2.24, 2.45) is 17.8 Å². The maximum Gasteiger partial charge on any atom is 0.335 e. The van der Waals surface area contributed by atoms with Crippen LogP contribution in [-0.2, 0) is 5.41 Å². The lowest BCUT2D eigenvalue weighted by atomic mass is 9.48. The molecule has 3 heteroatoms. The Kier molecular flexibility index (Phi) is 4.18. The number of benzene rings is 3. The van der Waals surface area contributed by atoms with Gasteiger partial charge in [-0.05, 0) is 119 Å². The Morgan fingerprint density at radius 1 is 0.839 bits per heavy atom. The van der Waals surface area contributed by atoms with Gasteiger partial charge in [0.1, 0.15) is 5.75 Å². The van der Waals surface area contributed by atoms with Crippen molar-refractivity contribution in [3.63, 3.8) is 0 Å². The predicted octanol–water partition coefficient (Wildman–Crippen LogP) is 6.68. The lowest BCUT2D eigenvalue weighted by Gasteiger charge is -2.57. The van der Waals surface area contributed by atoms with Crippen LogP contribution >= 0.6 is 0 Å². The molecule has 158 valence electrons. The summed E-state index contributed by atoms with van der Waals surface area (Å²) in [5.41, 5.74) is 4.45. The van der Waals surface area contributed by atoms with Gasteiger partial charge in [0.2, 0.25) is 0 Å². The Bertz CT molecular complexity index is 1160. The normalized spacial score (nSPS) is 28.7. The predicted molar refractivity (Wildman–Crippen MR) is 123 cm³/mol. The zero-order valence-corrected chi connectivity index (χ0v) is 17.9. The van der Waals surface area contributed by atoms with Gasteiger partial charge in [0.05, 0.1) is 12.7 Å². The van der Waals surface area contributed by atoms with Gasteiger partial charge in [-0.15, -0.1) is 0 Å². The van der Waals surface area contributed by atoms with Crippen molar-refractivity contribution in [1.29, 1.82) is 0 Å². The number of hydrogen-bond acceptors (Lipinski definition) is 2. The second-order valence-corrected chi connectivity index (χ2v) is 10.2. The molecule has 4 saturated carbocycles. The summed E-state index contributed by atoms with van der Waals surface area (Å²) in [5.74, 6) is 2.77. The molecule has 4 aliphatic carbocycles. The van der Waals surface area contributed by atoms with Crippen LogP contribution in [0.3, 0.4) is 0 Å². The third kappa shape index (κ3) is 3.13. The smallest absolute Gasteiger partial charge is 0.335 e. The van der Waals surface area contributed by atoms with Gasteiger partial charge >= 0.3 is 5.97 Å². The van der Waals surface area contributed by atoms with Crippen molar-refractivity contribution in [3.8, 4) is 16.9 Å². The van der Waals surface area contributed by atoms with E-state index in [-0.39, 0.29) is 0 Å². The second-order valence-electron chi connectivity index (χ2n) is 10.2. The van der Waals surface area contributed by atoms with Gasteiger partial charge in [-0.2, -0.15) is 0 Å². The summed E-state index contributed by atoms with van der Waals surface area (Å²) in [6, 6.07) is 18.5. The first-order chi connectivity index (χ1) is 15.0. The molecule has 0 aromatic heterocycles. The zero-order valence-electron chi connectivity index (χ0n) is 17.9. The Morgan fingerprint density at radius 2 is 1.48 bits per heavy atom. The summed E-state index contributed by atoms with van der Waals surface area (Å²) in [4.78, 5) is 11.3. The molecule has 0 atom stereocenters. The Labute approximate surface area is 183 Å². The number of rotatable bonds is 4. The van der Waals surface area contributed by atoms with Crippen molar-refractivity contribution in [1.82, 2.24) is 0 Å². The van der Waals surface area contributed by atoms with Gasteiger partial charge in [-0.3, -0.25) is 0 Å². The van der Waals surface area contributed by atoms with Crippen LogP contribution in [0, 0.1) is 17.8 Å². The van der Waals surface area contributed by atoms with Crippen LogP contribution in [0.1, 0.15) is 54.4 Å². The number of fused-ring (bicyclic) bond motifs is 1. The van der Waals surface area contributed by atoms with Crippen molar-refractivity contribution in [3.05, 3.63) is 65.7 Å². The van der Waals surface area contributed by atoms with Gasteiger partial charge in [0, 0.05) is 0 Å². The molecule has 0 spiro atoms. The van der Waals surface area contributed by atoms with Crippen LogP contribution in [-0.4, -0.2) is 18.2 Å². The highest BCUT2D eigenvalue weighted by Gasteiger charge is 2.51. The number of carboxylic acid groups (broad SMARTS) is 1. The summed E-state index contributed by atoms with van der Waals surface area (Å²) in [6.45, 7) is 0. The Hall–Kier alpha value is -2.81. The first kappa shape index (κ1) is 18.9. The van der Waals surface area contributed by atoms with Gasteiger partial charge in [-0.1, -0.05) is 24.3 Å². The van der Waals surface area contributed by atoms with E-state index in [2.05, 4.69) is 30.3 Å². The van der Waals surface area contributed by atoms with E-state index in [1.54, 1.807) is 19.2 Å². The molecule has 4 bridgehead atoms. The van der Waals surface area contributed by atoms with Gasteiger partial charge in [0.25, 0.3) is 0 Å². The highest BCUT2D eigenvalue weighted by molar-refractivity contribution is 5.95. The lowest BCUT2D eigenvalue weighted by Crippen LogP contribution is -2.48. The maximum absolute atomic E-state index is 11.3. The van der Waals surface area contributed by atoms with E-state index in [1.807, 2.05) is 12.1 Å². The molecule has 0 amide bonds. The number of methoxy groups -OCH3 is 1. The van der Waals surface area contributed by atoms with Gasteiger partial charge in [-0.25, -0.2) is 4.79 Å². The monoisotopic (exact) mass is 412 g/mol. The van der Waals surface area contributed by atoms with Crippen LogP contribution in [0.15, 0.2) is 54.6 Å². The summed E-state index contributed by atoms with van der Waals surface area (Å²) in [5, 5.41) is 11.3. The van der Waals surface area contributed by atoms with E-state index in [0.29, 0.717) is 11.0 Å². The van der Waals surface area contributed by atoms with E-state index in [0.717, 1.165) is 39.8 Å². The summed E-state index contributed by atoms with van der Waals surface area (Å²) in [6.07, 6.45) is 8.33. The minimum absolute atomic E-state index is 0.325. The molecule has 0 unspecified atom stereocenters. The fraction of sp³-hybridized carbons (Fsp3) is 0.393. The maximum atomic E-state index is 11.3. The average Bonchev–Trinajstić information content (AvgIpc) is 2.77. The van der Waals surface area contributed by atoms with Gasteiger partial charge in [0.15, 0.2) is 0 Å². The molecule has 7 rings (SSSR count). The molecule has 3 aromatic carbocycles. The van der Waals surface area contributed by atoms with Crippen LogP contribution in [0.25, 0.3) is 21.9 Å².